The van der Waals surface area contributed by atoms with Crippen molar-refractivity contribution < 1.29 is 58.3 Å². The number of hydrogen-bond acceptors (Lipinski definition) is 11. The highest BCUT2D eigenvalue weighted by Gasteiger charge is 2.51. The van der Waals surface area contributed by atoms with Crippen molar-refractivity contribution in [3.8, 4) is 0 Å². The number of aliphatic hydroxyl groups is 5. The Morgan fingerprint density at radius 3 is 1.37 bits per heavy atom. The maximum absolute atomic E-state index is 12.8. The van der Waals surface area contributed by atoms with E-state index in [2.05, 4.69) is 62.5 Å². The number of hydrogen-bond donors (Lipinski definition) is 6. The second-order valence-electron chi connectivity index (χ2n) is 16.9. The average molecular weight is 913 g/mol. The van der Waals surface area contributed by atoms with Crippen LogP contribution in [0.5, 0.6) is 0 Å². The molecule has 6 N–H and O–H groups in total. The third-order valence-corrected chi connectivity index (χ3v) is 12.1. The molecule has 0 aromatic rings. The Bertz CT molecular complexity index is 1270. The van der Waals surface area contributed by atoms with Gasteiger partial charge in [-0.3, -0.25) is 13.8 Å². The summed E-state index contributed by atoms with van der Waals surface area (Å²) in [6, 6.07) is 0. The number of phosphoric acid groups is 1. The molecule has 12 nitrogen and oxygen atoms in total. The zero-order valence-corrected chi connectivity index (χ0v) is 40.0. The molecule has 63 heavy (non-hydrogen) atoms. The highest BCUT2D eigenvalue weighted by Crippen LogP contribution is 2.47. The van der Waals surface area contributed by atoms with Crippen LogP contribution in [0.2, 0.25) is 0 Å². The lowest BCUT2D eigenvalue weighted by atomic mass is 9.85. The third kappa shape index (κ3) is 32.4. The SMILES string of the molecule is CC/C=C\C/C=C\C/C=C\C/C=C\C/C=C\CCCC(=O)OC(COCCCCCCCCCCCCCCCCCCCCC)COP(=O)(O)OC1C(O)C(O)C(O)C(O)C1O. The van der Waals surface area contributed by atoms with Crippen molar-refractivity contribution in [1.82, 2.24) is 0 Å². The Morgan fingerprint density at radius 1 is 0.524 bits per heavy atom. The molecule has 1 saturated carbocycles. The van der Waals surface area contributed by atoms with Crippen molar-refractivity contribution in [2.75, 3.05) is 19.8 Å². The first-order valence-electron chi connectivity index (χ1n) is 24.6. The second-order valence-corrected chi connectivity index (χ2v) is 18.3. The van der Waals surface area contributed by atoms with Gasteiger partial charge in [0.2, 0.25) is 0 Å². The Kier molecular flexibility index (Phi) is 37.8. The van der Waals surface area contributed by atoms with E-state index in [0.717, 1.165) is 51.4 Å². The Morgan fingerprint density at radius 2 is 0.921 bits per heavy atom. The molecule has 0 amide bonds. The van der Waals surface area contributed by atoms with Crippen molar-refractivity contribution >= 4 is 13.8 Å². The van der Waals surface area contributed by atoms with E-state index in [4.69, 9.17) is 18.5 Å². The molecule has 6 atom stereocenters. The Labute approximate surface area is 381 Å². The molecule has 1 aliphatic rings. The minimum Gasteiger partial charge on any atom is -0.457 e. The van der Waals surface area contributed by atoms with Crippen molar-refractivity contribution in [3.05, 3.63) is 60.8 Å². The molecule has 6 unspecified atom stereocenters. The van der Waals surface area contributed by atoms with Crippen LogP contribution in [0.3, 0.4) is 0 Å². The summed E-state index contributed by atoms with van der Waals surface area (Å²) in [4.78, 5) is 23.2. The fourth-order valence-electron chi connectivity index (χ4n) is 7.27. The summed E-state index contributed by atoms with van der Waals surface area (Å²) in [7, 11) is -5.04. The van der Waals surface area contributed by atoms with Gasteiger partial charge in [0.25, 0.3) is 0 Å². The van der Waals surface area contributed by atoms with Crippen molar-refractivity contribution in [1.29, 1.82) is 0 Å². The minimum atomic E-state index is -5.04. The van der Waals surface area contributed by atoms with Crippen LogP contribution in [0.1, 0.15) is 187 Å². The predicted molar refractivity (Wildman–Crippen MR) is 253 cm³/mol. The zero-order chi connectivity index (χ0) is 46.2. The number of carbonyl (C=O) groups is 1. The molecule has 0 aliphatic heterocycles. The van der Waals surface area contributed by atoms with Gasteiger partial charge in [0, 0.05) is 13.0 Å². The molecule has 0 aromatic carbocycles. The smallest absolute Gasteiger partial charge is 0.457 e. The normalized spacial score (nSPS) is 22.3. The Balaban J connectivity index is 2.40. The second kappa shape index (κ2) is 40.3. The molecule has 1 rings (SSSR count). The molecule has 1 aliphatic carbocycles. The molecule has 1 fully saturated rings. The van der Waals surface area contributed by atoms with Crippen LogP contribution in [-0.2, 0) is 27.9 Å². The van der Waals surface area contributed by atoms with Gasteiger partial charge in [-0.2, -0.15) is 0 Å². The fourth-order valence-corrected chi connectivity index (χ4v) is 8.25. The van der Waals surface area contributed by atoms with Crippen LogP contribution in [0.15, 0.2) is 60.8 Å². The summed E-state index contributed by atoms with van der Waals surface area (Å²) in [6.45, 7) is 4.10. The summed E-state index contributed by atoms with van der Waals surface area (Å²) >= 11 is 0. The van der Waals surface area contributed by atoms with Gasteiger partial charge in [0.05, 0.1) is 13.2 Å². The van der Waals surface area contributed by atoms with Crippen molar-refractivity contribution in [2.45, 2.75) is 230 Å². The number of aliphatic hydroxyl groups excluding tert-OH is 5. The molecule has 13 heteroatoms. The van der Waals surface area contributed by atoms with E-state index in [1.807, 2.05) is 12.2 Å². The van der Waals surface area contributed by atoms with Gasteiger partial charge in [0.1, 0.15) is 42.7 Å². The molecule has 0 aromatic heterocycles. The molecule has 0 radical (unpaired) electrons. The number of carbonyl (C=O) groups excluding carboxylic acids is 1. The molecule has 0 saturated heterocycles. The fraction of sp³-hybridized carbons (Fsp3) is 0.780. The van der Waals surface area contributed by atoms with E-state index in [-0.39, 0.29) is 13.0 Å². The standard InChI is InChI=1S/C50H89O12P/c1-3-5-7-9-11-13-15-17-19-21-22-24-26-28-30-32-34-36-38-40-59-41-43(42-60-63(57,58)62-50-48(55)46(53)45(52)47(54)49(50)56)61-44(51)39-37-35-33-31-29-27-25-23-20-18-16-14-12-10-8-6-4-2/h6,8,12,14,18,20,25,27,31,33,43,45-50,52-56H,3-5,7,9-11,13,15-17,19,21-24,26,28-30,32,34-42H2,1-2H3,(H,57,58)/b8-6-,14-12-,20-18-,27-25-,33-31-. The summed E-state index contributed by atoms with van der Waals surface area (Å²) in [5.41, 5.74) is 0. The highest BCUT2D eigenvalue weighted by molar-refractivity contribution is 7.47. The topological polar surface area (TPSA) is 192 Å². The lowest BCUT2D eigenvalue weighted by Gasteiger charge is -2.41. The van der Waals surface area contributed by atoms with Crippen LogP contribution in [0.4, 0.5) is 0 Å². The number of allylic oxidation sites excluding steroid dienone is 10. The lowest BCUT2D eigenvalue weighted by molar-refractivity contribution is -0.220. The molecular formula is C50H89O12P. The minimum absolute atomic E-state index is 0.0993. The zero-order valence-electron chi connectivity index (χ0n) is 39.1. The quantitative estimate of drug-likeness (QED) is 0.0147. The number of rotatable bonds is 41. The molecule has 0 heterocycles. The number of phosphoric ester groups is 1. The summed E-state index contributed by atoms with van der Waals surface area (Å²) in [5, 5.41) is 50.2. The highest BCUT2D eigenvalue weighted by atomic mass is 31.2. The molecule has 0 spiro atoms. The monoisotopic (exact) mass is 913 g/mol. The third-order valence-electron chi connectivity index (χ3n) is 11.2. The maximum atomic E-state index is 12.8. The van der Waals surface area contributed by atoms with Crippen LogP contribution in [-0.4, -0.2) is 98.9 Å². The molecule has 366 valence electrons. The van der Waals surface area contributed by atoms with E-state index in [0.29, 0.717) is 19.4 Å². The van der Waals surface area contributed by atoms with Crippen LogP contribution >= 0.6 is 7.82 Å². The van der Waals surface area contributed by atoms with Crippen LogP contribution in [0.25, 0.3) is 0 Å². The van der Waals surface area contributed by atoms with Gasteiger partial charge in [-0.05, 0) is 51.4 Å². The molecule has 0 bridgehead atoms. The predicted octanol–water partition coefficient (Wildman–Crippen LogP) is 10.6. The van der Waals surface area contributed by atoms with Crippen molar-refractivity contribution in [2.24, 2.45) is 0 Å². The number of esters is 1. The average Bonchev–Trinajstić information content (AvgIpc) is 3.27. The van der Waals surface area contributed by atoms with Gasteiger partial charge < -0.3 is 39.9 Å². The van der Waals surface area contributed by atoms with Gasteiger partial charge in [-0.1, -0.05) is 190 Å². The Hall–Kier alpha value is -1.96. The first-order chi connectivity index (χ1) is 30.5. The lowest BCUT2D eigenvalue weighted by Crippen LogP contribution is -2.64. The van der Waals surface area contributed by atoms with E-state index < -0.39 is 63.1 Å². The van der Waals surface area contributed by atoms with E-state index >= 15 is 0 Å². The van der Waals surface area contributed by atoms with Gasteiger partial charge in [-0.25, -0.2) is 4.57 Å². The summed E-state index contributed by atoms with van der Waals surface area (Å²) < 4.78 is 34.2. The maximum Gasteiger partial charge on any atom is 0.472 e. The van der Waals surface area contributed by atoms with Crippen LogP contribution < -0.4 is 0 Å². The summed E-state index contributed by atoms with van der Waals surface area (Å²) in [6.07, 6.45) is 38.7. The number of unbranched alkanes of at least 4 members (excludes halogenated alkanes) is 19. The summed E-state index contributed by atoms with van der Waals surface area (Å²) in [5.74, 6) is -0.532. The van der Waals surface area contributed by atoms with Gasteiger partial charge >= 0.3 is 13.8 Å². The van der Waals surface area contributed by atoms with Crippen LogP contribution in [0, 0.1) is 0 Å². The largest absolute Gasteiger partial charge is 0.472 e. The van der Waals surface area contributed by atoms with E-state index in [1.54, 1.807) is 0 Å². The van der Waals surface area contributed by atoms with Crippen molar-refractivity contribution in [3.63, 3.8) is 0 Å². The first-order valence-corrected chi connectivity index (χ1v) is 26.1. The first kappa shape index (κ1) is 59.1. The van der Waals surface area contributed by atoms with Gasteiger partial charge in [0.15, 0.2) is 0 Å². The number of ether oxygens (including phenoxy) is 2. The molecular weight excluding hydrogens is 824 g/mol. The van der Waals surface area contributed by atoms with E-state index in [1.165, 1.54) is 103 Å². The van der Waals surface area contributed by atoms with Gasteiger partial charge in [-0.15, -0.1) is 0 Å². The van der Waals surface area contributed by atoms with E-state index in [9.17, 15) is 39.8 Å².